The number of hydrogen-bond donors (Lipinski definition) is 1. The smallest absolute Gasteiger partial charge is 0.123 e. The highest BCUT2D eigenvalue weighted by Gasteiger charge is 2.17. The summed E-state index contributed by atoms with van der Waals surface area (Å²) >= 11 is 0. The zero-order chi connectivity index (χ0) is 12.4. The number of aliphatic hydroxyl groups excluding tert-OH is 1. The van der Waals surface area contributed by atoms with Crippen molar-refractivity contribution in [2.45, 2.75) is 26.4 Å². The summed E-state index contributed by atoms with van der Waals surface area (Å²) < 4.78 is 13.2. The van der Waals surface area contributed by atoms with Gasteiger partial charge in [-0.25, -0.2) is 4.39 Å². The van der Waals surface area contributed by atoms with Gasteiger partial charge < -0.3 is 10.0 Å². The van der Waals surface area contributed by atoms with Crippen LogP contribution in [0, 0.1) is 5.82 Å². The lowest BCUT2D eigenvalue weighted by molar-refractivity contribution is 0.199. The van der Waals surface area contributed by atoms with Crippen LogP contribution < -0.4 is 4.90 Å². The Morgan fingerprint density at radius 2 is 2.18 bits per heavy atom. The van der Waals surface area contributed by atoms with E-state index >= 15 is 0 Å². The Balaban J connectivity index is 2.34. The molecule has 0 aromatic heterocycles. The number of nitrogens with zero attached hydrogens (tertiary/aromatic N) is 1. The Bertz CT molecular complexity index is 440. The van der Waals surface area contributed by atoms with Gasteiger partial charge in [-0.15, -0.1) is 0 Å². The first-order valence-corrected chi connectivity index (χ1v) is 5.96. The molecular formula is C14H18FNO. The summed E-state index contributed by atoms with van der Waals surface area (Å²) in [4.78, 5) is 2.19. The molecular weight excluding hydrogens is 217 g/mol. The van der Waals surface area contributed by atoms with E-state index in [4.69, 9.17) is 0 Å². The number of anilines is 1. The molecule has 2 nitrogen and oxygen atoms in total. The first kappa shape index (κ1) is 12.1. The lowest BCUT2D eigenvalue weighted by atomic mass is 10.0. The van der Waals surface area contributed by atoms with Gasteiger partial charge in [0.1, 0.15) is 5.82 Å². The SMILES string of the molecule is CC1=CCCN(c2ccc(F)cc2C(C)O)C1. The van der Waals surface area contributed by atoms with Gasteiger partial charge >= 0.3 is 0 Å². The van der Waals surface area contributed by atoms with Crippen molar-refractivity contribution in [1.29, 1.82) is 0 Å². The molecule has 1 aromatic carbocycles. The van der Waals surface area contributed by atoms with Crippen LogP contribution in [0.2, 0.25) is 0 Å². The van der Waals surface area contributed by atoms with Gasteiger partial charge in [-0.2, -0.15) is 0 Å². The summed E-state index contributed by atoms with van der Waals surface area (Å²) in [6.45, 7) is 5.54. The zero-order valence-electron chi connectivity index (χ0n) is 10.3. The Morgan fingerprint density at radius 3 is 2.82 bits per heavy atom. The topological polar surface area (TPSA) is 23.5 Å². The number of halogens is 1. The second-order valence-electron chi connectivity index (χ2n) is 4.64. The summed E-state index contributed by atoms with van der Waals surface area (Å²) in [7, 11) is 0. The normalized spacial score (nSPS) is 17.9. The minimum absolute atomic E-state index is 0.297. The number of aliphatic hydroxyl groups is 1. The maximum Gasteiger partial charge on any atom is 0.123 e. The molecule has 1 atom stereocenters. The minimum atomic E-state index is -0.646. The molecule has 1 N–H and O–H groups in total. The molecule has 0 radical (unpaired) electrons. The number of rotatable bonds is 2. The maximum atomic E-state index is 13.2. The lowest BCUT2D eigenvalue weighted by Gasteiger charge is -2.30. The summed E-state index contributed by atoms with van der Waals surface area (Å²) in [5.41, 5.74) is 2.92. The Hall–Kier alpha value is -1.35. The average Bonchev–Trinajstić information content (AvgIpc) is 2.28. The van der Waals surface area contributed by atoms with Crippen molar-refractivity contribution in [1.82, 2.24) is 0 Å². The molecule has 92 valence electrons. The second kappa shape index (κ2) is 4.88. The van der Waals surface area contributed by atoms with E-state index in [9.17, 15) is 9.50 Å². The highest BCUT2D eigenvalue weighted by atomic mass is 19.1. The fourth-order valence-corrected chi connectivity index (χ4v) is 2.27. The van der Waals surface area contributed by atoms with Crippen LogP contribution >= 0.6 is 0 Å². The van der Waals surface area contributed by atoms with Crippen LogP contribution in [0.5, 0.6) is 0 Å². The molecule has 2 rings (SSSR count). The first-order valence-electron chi connectivity index (χ1n) is 5.96. The minimum Gasteiger partial charge on any atom is -0.389 e. The molecule has 1 aliphatic rings. The van der Waals surface area contributed by atoms with E-state index in [1.807, 2.05) is 0 Å². The summed E-state index contributed by atoms with van der Waals surface area (Å²) in [5.74, 6) is -0.297. The molecule has 3 heteroatoms. The van der Waals surface area contributed by atoms with Crippen LogP contribution in [0.15, 0.2) is 29.8 Å². The average molecular weight is 235 g/mol. The summed E-state index contributed by atoms with van der Waals surface area (Å²) in [6, 6.07) is 4.64. The van der Waals surface area contributed by atoms with Crippen LogP contribution in [0.4, 0.5) is 10.1 Å². The van der Waals surface area contributed by atoms with Crippen molar-refractivity contribution < 1.29 is 9.50 Å². The lowest BCUT2D eigenvalue weighted by Crippen LogP contribution is -2.30. The van der Waals surface area contributed by atoms with Crippen LogP contribution in [0.25, 0.3) is 0 Å². The molecule has 17 heavy (non-hydrogen) atoms. The van der Waals surface area contributed by atoms with Crippen molar-refractivity contribution in [3.63, 3.8) is 0 Å². The molecule has 0 saturated carbocycles. The molecule has 1 aromatic rings. The summed E-state index contributed by atoms with van der Waals surface area (Å²) in [5, 5.41) is 9.72. The Labute approximate surface area is 101 Å². The molecule has 0 bridgehead atoms. The van der Waals surface area contributed by atoms with E-state index < -0.39 is 6.10 Å². The Morgan fingerprint density at radius 1 is 1.41 bits per heavy atom. The van der Waals surface area contributed by atoms with Gasteiger partial charge in [0.2, 0.25) is 0 Å². The molecule has 0 spiro atoms. The monoisotopic (exact) mass is 235 g/mol. The van der Waals surface area contributed by atoms with Gasteiger partial charge in [-0.1, -0.05) is 11.6 Å². The van der Waals surface area contributed by atoms with E-state index in [0.29, 0.717) is 5.56 Å². The third-order valence-electron chi connectivity index (χ3n) is 3.11. The number of benzene rings is 1. The van der Waals surface area contributed by atoms with Crippen molar-refractivity contribution in [3.8, 4) is 0 Å². The van der Waals surface area contributed by atoms with Crippen LogP contribution in [-0.4, -0.2) is 18.2 Å². The second-order valence-corrected chi connectivity index (χ2v) is 4.64. The largest absolute Gasteiger partial charge is 0.389 e. The number of hydrogen-bond acceptors (Lipinski definition) is 2. The van der Waals surface area contributed by atoms with Crippen molar-refractivity contribution >= 4 is 5.69 Å². The van der Waals surface area contributed by atoms with E-state index in [1.165, 1.54) is 17.7 Å². The van der Waals surface area contributed by atoms with E-state index in [2.05, 4.69) is 17.9 Å². The molecule has 1 aliphatic heterocycles. The molecule has 0 fully saturated rings. The van der Waals surface area contributed by atoms with Crippen LogP contribution in [-0.2, 0) is 0 Å². The molecule has 1 unspecified atom stereocenters. The van der Waals surface area contributed by atoms with Crippen LogP contribution in [0.3, 0.4) is 0 Å². The van der Waals surface area contributed by atoms with E-state index in [-0.39, 0.29) is 5.82 Å². The van der Waals surface area contributed by atoms with Gasteiger partial charge in [0.25, 0.3) is 0 Å². The zero-order valence-corrected chi connectivity index (χ0v) is 10.3. The quantitative estimate of drug-likeness (QED) is 0.796. The molecule has 0 saturated heterocycles. The standard InChI is InChI=1S/C14H18FNO/c1-10-4-3-7-16(9-10)14-6-5-12(15)8-13(14)11(2)17/h4-6,8,11,17H,3,7,9H2,1-2H3. The highest BCUT2D eigenvalue weighted by Crippen LogP contribution is 2.29. The van der Waals surface area contributed by atoms with Gasteiger partial charge in [0.05, 0.1) is 6.10 Å². The van der Waals surface area contributed by atoms with Gasteiger partial charge in [0, 0.05) is 24.3 Å². The fourth-order valence-electron chi connectivity index (χ4n) is 2.27. The van der Waals surface area contributed by atoms with Gasteiger partial charge in [0.15, 0.2) is 0 Å². The first-order chi connectivity index (χ1) is 8.08. The van der Waals surface area contributed by atoms with Gasteiger partial charge in [-0.05, 0) is 38.5 Å². The van der Waals surface area contributed by atoms with Crippen molar-refractivity contribution in [2.75, 3.05) is 18.0 Å². The van der Waals surface area contributed by atoms with Crippen molar-refractivity contribution in [2.24, 2.45) is 0 Å². The predicted octanol–water partition coefficient (Wildman–Crippen LogP) is 3.04. The molecule has 0 aliphatic carbocycles. The predicted molar refractivity (Wildman–Crippen MR) is 67.6 cm³/mol. The van der Waals surface area contributed by atoms with Gasteiger partial charge in [-0.3, -0.25) is 0 Å². The fraction of sp³-hybridized carbons (Fsp3) is 0.429. The molecule has 0 amide bonds. The maximum absolute atomic E-state index is 13.2. The van der Waals surface area contributed by atoms with E-state index in [1.54, 1.807) is 13.0 Å². The summed E-state index contributed by atoms with van der Waals surface area (Å²) in [6.07, 6.45) is 2.58. The Kier molecular flexibility index (Phi) is 3.48. The molecule has 1 heterocycles. The third kappa shape index (κ3) is 2.67. The van der Waals surface area contributed by atoms with E-state index in [0.717, 1.165) is 25.2 Å². The highest BCUT2D eigenvalue weighted by molar-refractivity contribution is 5.56. The van der Waals surface area contributed by atoms with Crippen molar-refractivity contribution in [3.05, 3.63) is 41.2 Å². The van der Waals surface area contributed by atoms with Crippen LogP contribution in [0.1, 0.15) is 31.9 Å². The third-order valence-corrected chi connectivity index (χ3v) is 3.11.